The van der Waals surface area contributed by atoms with E-state index in [0.717, 1.165) is 0 Å². The summed E-state index contributed by atoms with van der Waals surface area (Å²) in [4.78, 5) is 0. The van der Waals surface area contributed by atoms with Gasteiger partial charge in [-0.15, -0.1) is 0 Å². The van der Waals surface area contributed by atoms with Crippen molar-refractivity contribution in [3.63, 3.8) is 0 Å². The molecule has 0 bridgehead atoms. The van der Waals surface area contributed by atoms with E-state index in [9.17, 15) is 0 Å². The third-order valence-corrected chi connectivity index (χ3v) is 2.31. The van der Waals surface area contributed by atoms with Gasteiger partial charge in [0.05, 0.1) is 0 Å². The summed E-state index contributed by atoms with van der Waals surface area (Å²) in [6, 6.07) is 0. The molecule has 1 heterocycles. The Hall–Kier alpha value is -0.0400. The molecular formula is C12H29N. The second kappa shape index (κ2) is 10.0. The van der Waals surface area contributed by atoms with Gasteiger partial charge in [0, 0.05) is 6.54 Å². The molecule has 0 saturated carbocycles. The predicted octanol–water partition coefficient (Wildman–Crippen LogP) is 3.84. The molecule has 1 fully saturated rings. The Labute approximate surface area is 85.3 Å². The van der Waals surface area contributed by atoms with Gasteiger partial charge in [0.25, 0.3) is 0 Å². The fourth-order valence-corrected chi connectivity index (χ4v) is 1.17. The van der Waals surface area contributed by atoms with Crippen molar-refractivity contribution in [3.05, 3.63) is 0 Å². The number of hydrogen-bond donors (Lipinski definition) is 1. The Morgan fingerprint density at radius 1 is 1.15 bits per heavy atom. The van der Waals surface area contributed by atoms with Crippen molar-refractivity contribution in [3.8, 4) is 0 Å². The van der Waals surface area contributed by atoms with Gasteiger partial charge in [0.1, 0.15) is 0 Å². The van der Waals surface area contributed by atoms with Gasteiger partial charge < -0.3 is 5.32 Å². The molecule has 0 amide bonds. The van der Waals surface area contributed by atoms with E-state index in [2.05, 4.69) is 33.0 Å². The van der Waals surface area contributed by atoms with Gasteiger partial charge in [-0.1, -0.05) is 48.0 Å². The summed E-state index contributed by atoms with van der Waals surface area (Å²) >= 11 is 0. The highest BCUT2D eigenvalue weighted by atomic mass is 14.9. The van der Waals surface area contributed by atoms with E-state index in [1.54, 1.807) is 0 Å². The molecule has 1 saturated heterocycles. The second-order valence-electron chi connectivity index (χ2n) is 3.80. The lowest BCUT2D eigenvalue weighted by Crippen LogP contribution is -2.18. The molecule has 0 aromatic carbocycles. The molecule has 1 heteroatoms. The summed E-state index contributed by atoms with van der Waals surface area (Å²) in [5.41, 5.74) is 0.625. The van der Waals surface area contributed by atoms with Gasteiger partial charge in [-0.3, -0.25) is 0 Å². The van der Waals surface area contributed by atoms with E-state index in [0.29, 0.717) is 5.41 Å². The van der Waals surface area contributed by atoms with E-state index in [4.69, 9.17) is 0 Å². The van der Waals surface area contributed by atoms with Crippen molar-refractivity contribution >= 4 is 0 Å². The molecule has 1 aliphatic heterocycles. The summed E-state index contributed by atoms with van der Waals surface area (Å²) in [6.07, 6.45) is 3.93. The molecular weight excluding hydrogens is 158 g/mol. The highest BCUT2D eigenvalue weighted by Crippen LogP contribution is 2.27. The molecule has 0 spiro atoms. The maximum Gasteiger partial charge on any atom is 0.000554 e. The van der Waals surface area contributed by atoms with Crippen molar-refractivity contribution in [2.45, 2.75) is 60.8 Å². The van der Waals surface area contributed by atoms with Gasteiger partial charge in [0.2, 0.25) is 0 Å². The first-order valence-electron chi connectivity index (χ1n) is 5.89. The van der Waals surface area contributed by atoms with Crippen LogP contribution in [0.15, 0.2) is 0 Å². The van der Waals surface area contributed by atoms with Gasteiger partial charge >= 0.3 is 0 Å². The zero-order chi connectivity index (χ0) is 10.7. The van der Waals surface area contributed by atoms with Crippen molar-refractivity contribution in [1.29, 1.82) is 0 Å². The maximum absolute atomic E-state index is 3.36. The highest BCUT2D eigenvalue weighted by Gasteiger charge is 2.25. The van der Waals surface area contributed by atoms with Crippen LogP contribution in [0, 0.1) is 5.41 Å². The van der Waals surface area contributed by atoms with E-state index in [1.807, 2.05) is 13.8 Å². The molecule has 0 radical (unpaired) electrons. The largest absolute Gasteiger partial charge is 0.316 e. The van der Waals surface area contributed by atoms with Crippen molar-refractivity contribution in [2.75, 3.05) is 13.1 Å². The monoisotopic (exact) mass is 187 g/mol. The molecule has 13 heavy (non-hydrogen) atoms. The van der Waals surface area contributed by atoms with Crippen LogP contribution in [-0.4, -0.2) is 13.1 Å². The average molecular weight is 187 g/mol. The first kappa shape index (κ1) is 15.4. The average Bonchev–Trinajstić information content (AvgIpc) is 2.58. The zero-order valence-electron chi connectivity index (χ0n) is 10.5. The minimum Gasteiger partial charge on any atom is -0.316 e. The summed E-state index contributed by atoms with van der Waals surface area (Å²) in [7, 11) is 0. The third kappa shape index (κ3) is 8.29. The van der Waals surface area contributed by atoms with Crippen LogP contribution in [0.5, 0.6) is 0 Å². The van der Waals surface area contributed by atoms with Crippen LogP contribution in [0.4, 0.5) is 0 Å². The van der Waals surface area contributed by atoms with Crippen LogP contribution >= 0.6 is 0 Å². The molecule has 1 aliphatic rings. The van der Waals surface area contributed by atoms with Crippen LogP contribution in [0.1, 0.15) is 60.8 Å². The Morgan fingerprint density at radius 2 is 1.62 bits per heavy atom. The minimum atomic E-state index is 0.625. The highest BCUT2D eigenvalue weighted by molar-refractivity contribution is 4.81. The van der Waals surface area contributed by atoms with Gasteiger partial charge in [0.15, 0.2) is 0 Å². The Kier molecular flexibility index (Phi) is 11.9. The van der Waals surface area contributed by atoms with Crippen LogP contribution in [0.2, 0.25) is 0 Å². The van der Waals surface area contributed by atoms with Gasteiger partial charge in [-0.05, 0) is 24.8 Å². The van der Waals surface area contributed by atoms with E-state index < -0.39 is 0 Å². The zero-order valence-corrected chi connectivity index (χ0v) is 10.5. The Morgan fingerprint density at radius 3 is 1.77 bits per heavy atom. The molecule has 1 atom stereocenters. The van der Waals surface area contributed by atoms with Crippen molar-refractivity contribution in [1.82, 2.24) is 5.32 Å². The van der Waals surface area contributed by atoms with E-state index in [1.165, 1.54) is 32.4 Å². The maximum atomic E-state index is 3.36. The molecule has 1 rings (SSSR count). The van der Waals surface area contributed by atoms with E-state index in [-0.39, 0.29) is 0 Å². The van der Waals surface area contributed by atoms with E-state index >= 15 is 0 Å². The fourth-order valence-electron chi connectivity index (χ4n) is 1.17. The lowest BCUT2D eigenvalue weighted by Gasteiger charge is -2.18. The molecule has 0 aromatic rings. The van der Waals surface area contributed by atoms with Crippen LogP contribution < -0.4 is 5.32 Å². The second-order valence-corrected chi connectivity index (χ2v) is 3.80. The molecule has 1 unspecified atom stereocenters. The van der Waals surface area contributed by atoms with Crippen molar-refractivity contribution in [2.24, 2.45) is 5.41 Å². The summed E-state index contributed by atoms with van der Waals surface area (Å²) in [5.74, 6) is 0. The molecule has 1 nitrogen and oxygen atoms in total. The lowest BCUT2D eigenvalue weighted by molar-refractivity contribution is 0.351. The molecule has 82 valence electrons. The van der Waals surface area contributed by atoms with Crippen molar-refractivity contribution < 1.29 is 0 Å². The number of nitrogens with one attached hydrogen (secondary N) is 1. The summed E-state index contributed by atoms with van der Waals surface area (Å²) in [6.45, 7) is 15.3. The van der Waals surface area contributed by atoms with Crippen LogP contribution in [0.25, 0.3) is 0 Å². The SMILES string of the molecule is CC.CCC.CCC1(C)CCNC1. The lowest BCUT2D eigenvalue weighted by atomic mass is 9.87. The first-order valence-corrected chi connectivity index (χ1v) is 5.89. The topological polar surface area (TPSA) is 12.0 Å². The van der Waals surface area contributed by atoms with Crippen LogP contribution in [-0.2, 0) is 0 Å². The number of hydrogen-bond acceptors (Lipinski definition) is 1. The number of rotatable bonds is 1. The molecule has 1 N–H and O–H groups in total. The smallest absolute Gasteiger partial charge is 0.000554 e. The molecule has 0 aliphatic carbocycles. The Balaban J connectivity index is 0. The van der Waals surface area contributed by atoms with Crippen LogP contribution in [0.3, 0.4) is 0 Å². The summed E-state index contributed by atoms with van der Waals surface area (Å²) in [5, 5.41) is 3.36. The third-order valence-electron chi connectivity index (χ3n) is 2.31. The minimum absolute atomic E-state index is 0.625. The van der Waals surface area contributed by atoms with Gasteiger partial charge in [-0.2, -0.15) is 0 Å². The quantitative estimate of drug-likeness (QED) is 0.657. The first-order chi connectivity index (χ1) is 6.18. The van der Waals surface area contributed by atoms with Gasteiger partial charge in [-0.25, -0.2) is 0 Å². The Bertz CT molecular complexity index is 83.1. The normalized spacial score (nSPS) is 25.4. The predicted molar refractivity (Wildman–Crippen MR) is 63.2 cm³/mol. The molecule has 0 aromatic heterocycles. The fraction of sp³-hybridized carbons (Fsp3) is 1.00. The summed E-state index contributed by atoms with van der Waals surface area (Å²) < 4.78 is 0. The standard InChI is InChI=1S/C7H15N.C3H8.C2H6/c1-3-7(2)4-5-8-6-7;1-3-2;1-2/h8H,3-6H2,1-2H3;3H2,1-2H3;1-2H3.